The minimum absolute atomic E-state index is 0.0797. The summed E-state index contributed by atoms with van der Waals surface area (Å²) in [5, 5.41) is 0. The molecule has 0 spiro atoms. The molecule has 0 heterocycles. The van der Waals surface area contributed by atoms with Crippen LogP contribution in [0.25, 0.3) is 0 Å². The molecule has 16 heavy (non-hydrogen) atoms. The fourth-order valence-corrected chi connectivity index (χ4v) is 2.83. The van der Waals surface area contributed by atoms with Crippen molar-refractivity contribution in [2.45, 2.75) is 40.2 Å². The van der Waals surface area contributed by atoms with E-state index in [4.69, 9.17) is 10.5 Å². The van der Waals surface area contributed by atoms with Crippen LogP contribution in [0.1, 0.15) is 42.1 Å². The molecule has 0 unspecified atom stereocenters. The second-order valence-electron chi connectivity index (χ2n) is 5.58. The number of nitrogens with two attached hydrogens (primary N) is 1. The molecular weight excluding hydrogens is 198 g/mol. The molecule has 1 aliphatic carbocycles. The van der Waals surface area contributed by atoms with Gasteiger partial charge in [0.15, 0.2) is 0 Å². The summed E-state index contributed by atoms with van der Waals surface area (Å²) in [5.41, 5.74) is 11.6. The Bertz CT molecular complexity index is 435. The van der Waals surface area contributed by atoms with Gasteiger partial charge in [-0.1, -0.05) is 19.9 Å². The fourth-order valence-electron chi connectivity index (χ4n) is 2.83. The maximum Gasteiger partial charge on any atom is 0.126 e. The van der Waals surface area contributed by atoms with Gasteiger partial charge in [-0.05, 0) is 42.4 Å². The van der Waals surface area contributed by atoms with Gasteiger partial charge in [-0.3, -0.25) is 0 Å². The van der Waals surface area contributed by atoms with Gasteiger partial charge in [-0.25, -0.2) is 0 Å². The minimum atomic E-state index is 0.0797. The van der Waals surface area contributed by atoms with Crippen molar-refractivity contribution >= 4 is 0 Å². The van der Waals surface area contributed by atoms with E-state index in [1.807, 2.05) is 0 Å². The van der Waals surface area contributed by atoms with Gasteiger partial charge < -0.3 is 10.5 Å². The Kier molecular flexibility index (Phi) is 2.50. The number of hydrogen-bond donors (Lipinski definition) is 1. The number of aryl methyl sites for hydroxylation is 2. The average molecular weight is 219 g/mol. The van der Waals surface area contributed by atoms with E-state index in [0.29, 0.717) is 0 Å². The molecule has 0 saturated carbocycles. The summed E-state index contributed by atoms with van der Waals surface area (Å²) in [7, 11) is 1.73. The standard InChI is InChI=1S/C14H21NO/c1-8-6-9(2)12(16-5)11-10(8)7-14(3,4)13(11)15/h6,13H,7,15H2,1-5H3/t13-/m1/s1. The highest BCUT2D eigenvalue weighted by molar-refractivity contribution is 5.55. The van der Waals surface area contributed by atoms with Gasteiger partial charge >= 0.3 is 0 Å². The predicted molar refractivity (Wildman–Crippen MR) is 66.9 cm³/mol. The molecule has 1 atom stereocenters. The Morgan fingerprint density at radius 1 is 1.31 bits per heavy atom. The van der Waals surface area contributed by atoms with Crippen molar-refractivity contribution in [2.75, 3.05) is 7.11 Å². The highest BCUT2D eigenvalue weighted by Crippen LogP contribution is 2.49. The molecule has 0 saturated heterocycles. The summed E-state index contributed by atoms with van der Waals surface area (Å²) in [6, 6.07) is 2.28. The smallest absolute Gasteiger partial charge is 0.126 e. The van der Waals surface area contributed by atoms with Crippen LogP contribution in [-0.2, 0) is 6.42 Å². The van der Waals surface area contributed by atoms with E-state index in [1.165, 1.54) is 22.3 Å². The molecule has 0 radical (unpaired) electrons. The average Bonchev–Trinajstić information content (AvgIpc) is 2.42. The lowest BCUT2D eigenvalue weighted by molar-refractivity contribution is 0.311. The number of benzene rings is 1. The zero-order valence-corrected chi connectivity index (χ0v) is 10.8. The molecule has 0 aliphatic heterocycles. The highest BCUT2D eigenvalue weighted by Gasteiger charge is 2.39. The van der Waals surface area contributed by atoms with Gasteiger partial charge in [0.05, 0.1) is 7.11 Å². The van der Waals surface area contributed by atoms with Crippen molar-refractivity contribution in [3.05, 3.63) is 28.3 Å². The monoisotopic (exact) mass is 219 g/mol. The lowest BCUT2D eigenvalue weighted by atomic mass is 9.86. The maximum absolute atomic E-state index is 6.36. The zero-order chi connectivity index (χ0) is 12.1. The number of methoxy groups -OCH3 is 1. The van der Waals surface area contributed by atoms with E-state index in [2.05, 4.69) is 33.8 Å². The summed E-state index contributed by atoms with van der Waals surface area (Å²) in [6.45, 7) is 8.71. The first-order valence-electron chi connectivity index (χ1n) is 5.81. The molecule has 1 aromatic carbocycles. The predicted octanol–water partition coefficient (Wildman–Crippen LogP) is 2.89. The lowest BCUT2D eigenvalue weighted by Crippen LogP contribution is -2.25. The molecule has 2 rings (SSSR count). The molecule has 2 nitrogen and oxygen atoms in total. The van der Waals surface area contributed by atoms with Crippen LogP contribution in [0.15, 0.2) is 6.07 Å². The maximum atomic E-state index is 6.36. The first kappa shape index (κ1) is 11.5. The summed E-state index contributed by atoms with van der Waals surface area (Å²) < 4.78 is 5.53. The fraction of sp³-hybridized carbons (Fsp3) is 0.571. The topological polar surface area (TPSA) is 35.2 Å². The van der Waals surface area contributed by atoms with Crippen LogP contribution >= 0.6 is 0 Å². The Hall–Kier alpha value is -1.02. The number of rotatable bonds is 1. The van der Waals surface area contributed by atoms with Crippen molar-refractivity contribution in [1.29, 1.82) is 0 Å². The molecule has 2 N–H and O–H groups in total. The first-order chi connectivity index (χ1) is 7.38. The minimum Gasteiger partial charge on any atom is -0.496 e. The quantitative estimate of drug-likeness (QED) is 0.788. The Labute approximate surface area is 97.8 Å². The third-order valence-electron chi connectivity index (χ3n) is 3.83. The van der Waals surface area contributed by atoms with E-state index in [0.717, 1.165) is 12.2 Å². The van der Waals surface area contributed by atoms with E-state index in [-0.39, 0.29) is 11.5 Å². The summed E-state index contributed by atoms with van der Waals surface area (Å²) in [6.07, 6.45) is 1.05. The van der Waals surface area contributed by atoms with E-state index >= 15 is 0 Å². The Morgan fingerprint density at radius 3 is 2.50 bits per heavy atom. The van der Waals surface area contributed by atoms with E-state index in [9.17, 15) is 0 Å². The molecule has 0 fully saturated rings. The third-order valence-corrected chi connectivity index (χ3v) is 3.83. The van der Waals surface area contributed by atoms with E-state index < -0.39 is 0 Å². The van der Waals surface area contributed by atoms with Gasteiger partial charge in [-0.15, -0.1) is 0 Å². The van der Waals surface area contributed by atoms with Crippen LogP contribution in [-0.4, -0.2) is 7.11 Å². The van der Waals surface area contributed by atoms with E-state index in [1.54, 1.807) is 7.11 Å². The van der Waals surface area contributed by atoms with Crippen molar-refractivity contribution < 1.29 is 4.74 Å². The molecule has 0 amide bonds. The summed E-state index contributed by atoms with van der Waals surface area (Å²) in [4.78, 5) is 0. The van der Waals surface area contributed by atoms with Crippen molar-refractivity contribution in [3.8, 4) is 5.75 Å². The van der Waals surface area contributed by atoms with Crippen molar-refractivity contribution in [3.63, 3.8) is 0 Å². The summed E-state index contributed by atoms with van der Waals surface area (Å²) >= 11 is 0. The number of fused-ring (bicyclic) bond motifs is 1. The number of ether oxygens (including phenoxy) is 1. The zero-order valence-electron chi connectivity index (χ0n) is 10.8. The first-order valence-corrected chi connectivity index (χ1v) is 5.81. The Morgan fingerprint density at radius 2 is 1.94 bits per heavy atom. The van der Waals surface area contributed by atoms with Crippen molar-refractivity contribution in [2.24, 2.45) is 11.1 Å². The molecule has 1 aliphatic rings. The molecule has 1 aromatic rings. The summed E-state index contributed by atoms with van der Waals surface area (Å²) in [5.74, 6) is 0.985. The van der Waals surface area contributed by atoms with Gasteiger partial charge in [0.25, 0.3) is 0 Å². The largest absolute Gasteiger partial charge is 0.496 e. The third kappa shape index (κ3) is 1.44. The van der Waals surface area contributed by atoms with Crippen LogP contribution < -0.4 is 10.5 Å². The normalized spacial score (nSPS) is 22.0. The van der Waals surface area contributed by atoms with Gasteiger partial charge in [0.2, 0.25) is 0 Å². The molecule has 2 heteroatoms. The van der Waals surface area contributed by atoms with Crippen LogP contribution in [0.3, 0.4) is 0 Å². The van der Waals surface area contributed by atoms with Crippen LogP contribution in [0, 0.1) is 19.3 Å². The highest BCUT2D eigenvalue weighted by atomic mass is 16.5. The SMILES string of the molecule is COc1c(C)cc(C)c2c1[C@@H](N)C(C)(C)C2. The van der Waals surface area contributed by atoms with Gasteiger partial charge in [0, 0.05) is 11.6 Å². The van der Waals surface area contributed by atoms with Gasteiger partial charge in [0.1, 0.15) is 5.75 Å². The van der Waals surface area contributed by atoms with Gasteiger partial charge in [-0.2, -0.15) is 0 Å². The molecular formula is C14H21NO. The van der Waals surface area contributed by atoms with Crippen LogP contribution in [0.4, 0.5) is 0 Å². The molecule has 88 valence electrons. The lowest BCUT2D eigenvalue weighted by Gasteiger charge is -2.24. The molecule has 0 bridgehead atoms. The van der Waals surface area contributed by atoms with Crippen molar-refractivity contribution in [1.82, 2.24) is 0 Å². The second-order valence-corrected chi connectivity index (χ2v) is 5.58. The Balaban J connectivity index is 2.69. The number of hydrogen-bond acceptors (Lipinski definition) is 2. The molecule has 0 aromatic heterocycles. The van der Waals surface area contributed by atoms with Crippen LogP contribution in [0.5, 0.6) is 5.75 Å². The second kappa shape index (κ2) is 3.49. The van der Waals surface area contributed by atoms with Crippen LogP contribution in [0.2, 0.25) is 0 Å².